The average molecular weight is 465 g/mol. The Hall–Kier alpha value is -3.35. The van der Waals surface area contributed by atoms with Crippen molar-refractivity contribution in [1.29, 1.82) is 0 Å². The second-order valence-corrected chi connectivity index (χ2v) is 8.90. The third-order valence-corrected chi connectivity index (χ3v) is 6.48. The molecule has 1 heterocycles. The number of nitrogens with zero attached hydrogens (tertiary/aromatic N) is 1. The summed E-state index contributed by atoms with van der Waals surface area (Å²) in [7, 11) is 0. The van der Waals surface area contributed by atoms with Gasteiger partial charge < -0.3 is 14.9 Å². The monoisotopic (exact) mass is 464 g/mol. The smallest absolute Gasteiger partial charge is 0.407 e. The molecule has 180 valence electrons. The van der Waals surface area contributed by atoms with Crippen molar-refractivity contribution >= 4 is 18.0 Å². The normalized spacial score (nSPS) is 17.2. The lowest BCUT2D eigenvalue weighted by atomic mass is 9.98. The molecule has 1 saturated heterocycles. The molecule has 1 atom stereocenters. The standard InChI is InChI=1S/C27H32N2O5/c1-2-3-4-5-6-11-16-29-26(31)24(17-25(30)34-29)28-27(32)33-18-23-21-14-9-7-12-19(21)20-13-8-10-15-22(20)23/h7-10,12-15,23-24H,2-6,11,16-18H2,1H3,(H,28,32)/t24-/m0/s1. The van der Waals surface area contributed by atoms with Gasteiger partial charge in [-0.1, -0.05) is 87.6 Å². The Kier molecular flexibility index (Phi) is 7.83. The minimum Gasteiger partial charge on any atom is -0.449 e. The Morgan fingerprint density at radius 2 is 1.59 bits per heavy atom. The number of carbonyl (C=O) groups excluding carboxylic acids is 3. The van der Waals surface area contributed by atoms with Gasteiger partial charge in [0.15, 0.2) is 0 Å². The zero-order valence-corrected chi connectivity index (χ0v) is 19.6. The van der Waals surface area contributed by atoms with E-state index in [4.69, 9.17) is 9.57 Å². The van der Waals surface area contributed by atoms with Gasteiger partial charge in [0, 0.05) is 5.92 Å². The SMILES string of the molecule is CCCCCCCCN1OC(=O)C[C@H](NC(=O)OCC2c3ccccc3-c3ccccc32)C1=O. The molecule has 1 aliphatic heterocycles. The first-order valence-corrected chi connectivity index (χ1v) is 12.2. The number of hydrogen-bond acceptors (Lipinski definition) is 5. The molecule has 0 radical (unpaired) electrons. The quantitative estimate of drug-likeness (QED) is 0.503. The molecule has 0 saturated carbocycles. The fourth-order valence-electron chi connectivity index (χ4n) is 4.72. The van der Waals surface area contributed by atoms with E-state index in [1.165, 1.54) is 12.8 Å². The molecule has 1 aliphatic carbocycles. The first-order valence-electron chi connectivity index (χ1n) is 12.2. The van der Waals surface area contributed by atoms with E-state index in [1.54, 1.807) is 0 Å². The summed E-state index contributed by atoms with van der Waals surface area (Å²) in [6.45, 7) is 2.64. The summed E-state index contributed by atoms with van der Waals surface area (Å²) >= 11 is 0. The van der Waals surface area contributed by atoms with Gasteiger partial charge in [-0.15, -0.1) is 0 Å². The van der Waals surface area contributed by atoms with E-state index in [0.29, 0.717) is 6.54 Å². The van der Waals surface area contributed by atoms with E-state index in [9.17, 15) is 14.4 Å². The van der Waals surface area contributed by atoms with Gasteiger partial charge in [-0.2, -0.15) is 5.06 Å². The molecule has 1 N–H and O–H groups in total. The number of hydroxylamine groups is 2. The van der Waals surface area contributed by atoms with E-state index in [0.717, 1.165) is 53.0 Å². The molecule has 0 unspecified atom stereocenters. The van der Waals surface area contributed by atoms with Crippen molar-refractivity contribution in [1.82, 2.24) is 10.4 Å². The lowest BCUT2D eigenvalue weighted by Crippen LogP contribution is -2.54. The highest BCUT2D eigenvalue weighted by molar-refractivity contribution is 5.92. The van der Waals surface area contributed by atoms with Gasteiger partial charge in [0.25, 0.3) is 5.91 Å². The Morgan fingerprint density at radius 3 is 2.26 bits per heavy atom. The van der Waals surface area contributed by atoms with Crippen molar-refractivity contribution in [3.8, 4) is 11.1 Å². The molecule has 34 heavy (non-hydrogen) atoms. The van der Waals surface area contributed by atoms with Gasteiger partial charge in [0.05, 0.1) is 13.0 Å². The van der Waals surface area contributed by atoms with Crippen molar-refractivity contribution in [2.24, 2.45) is 0 Å². The molecular weight excluding hydrogens is 432 g/mol. The molecule has 2 aromatic rings. The molecule has 1 fully saturated rings. The second-order valence-electron chi connectivity index (χ2n) is 8.90. The summed E-state index contributed by atoms with van der Waals surface area (Å²) in [5.41, 5.74) is 4.50. The number of fused-ring (bicyclic) bond motifs is 3. The topological polar surface area (TPSA) is 84.9 Å². The number of nitrogens with one attached hydrogen (secondary N) is 1. The summed E-state index contributed by atoms with van der Waals surface area (Å²) < 4.78 is 5.52. The summed E-state index contributed by atoms with van der Waals surface area (Å²) in [4.78, 5) is 42.4. The minimum atomic E-state index is -0.975. The zero-order chi connectivity index (χ0) is 23.9. The van der Waals surface area contributed by atoms with Gasteiger partial charge in [-0.25, -0.2) is 9.59 Å². The van der Waals surface area contributed by atoms with Crippen LogP contribution in [0.4, 0.5) is 4.79 Å². The maximum Gasteiger partial charge on any atom is 0.407 e. The molecule has 2 aliphatic rings. The highest BCUT2D eigenvalue weighted by Crippen LogP contribution is 2.44. The lowest BCUT2D eigenvalue weighted by molar-refractivity contribution is -0.208. The predicted octanol–water partition coefficient (Wildman–Crippen LogP) is 4.94. The Labute approximate surface area is 200 Å². The molecule has 2 amide bonds. The van der Waals surface area contributed by atoms with Crippen molar-refractivity contribution in [3.63, 3.8) is 0 Å². The minimum absolute atomic E-state index is 0.0746. The zero-order valence-electron chi connectivity index (χ0n) is 19.6. The van der Waals surface area contributed by atoms with Gasteiger partial charge in [-0.05, 0) is 28.7 Å². The molecule has 4 rings (SSSR count). The van der Waals surface area contributed by atoms with Crippen LogP contribution in [0.5, 0.6) is 0 Å². The number of carbonyl (C=O) groups is 3. The van der Waals surface area contributed by atoms with Crippen molar-refractivity contribution in [2.45, 2.75) is 63.8 Å². The van der Waals surface area contributed by atoms with E-state index < -0.39 is 24.0 Å². The third kappa shape index (κ3) is 5.41. The summed E-state index contributed by atoms with van der Waals surface area (Å²) in [5, 5.41) is 3.65. The molecule has 7 heteroatoms. The average Bonchev–Trinajstić information content (AvgIpc) is 3.16. The van der Waals surface area contributed by atoms with Crippen LogP contribution in [0.15, 0.2) is 48.5 Å². The van der Waals surface area contributed by atoms with Crippen LogP contribution in [0.1, 0.15) is 68.9 Å². The Balaban J connectivity index is 1.30. The maximum absolute atomic E-state index is 12.7. The van der Waals surface area contributed by atoms with Crippen LogP contribution >= 0.6 is 0 Å². The number of alkyl carbamates (subject to hydrolysis) is 1. The third-order valence-electron chi connectivity index (χ3n) is 6.48. The first kappa shape index (κ1) is 23.8. The fourth-order valence-corrected chi connectivity index (χ4v) is 4.72. The number of hydrogen-bond donors (Lipinski definition) is 1. The van der Waals surface area contributed by atoms with E-state index in [1.807, 2.05) is 36.4 Å². The van der Waals surface area contributed by atoms with Gasteiger partial charge >= 0.3 is 12.1 Å². The lowest BCUT2D eigenvalue weighted by Gasteiger charge is -2.30. The molecule has 0 bridgehead atoms. The molecule has 2 aromatic carbocycles. The van der Waals surface area contributed by atoms with Crippen molar-refractivity contribution in [3.05, 3.63) is 59.7 Å². The number of ether oxygens (including phenoxy) is 1. The summed E-state index contributed by atoms with van der Waals surface area (Å²) in [6, 6.07) is 15.2. The molecule has 0 spiro atoms. The van der Waals surface area contributed by atoms with Gasteiger partial charge in [-0.3, -0.25) is 4.79 Å². The van der Waals surface area contributed by atoms with Crippen LogP contribution < -0.4 is 5.32 Å². The Bertz CT molecular complexity index is 992. The number of amides is 2. The van der Waals surface area contributed by atoms with Crippen molar-refractivity contribution in [2.75, 3.05) is 13.2 Å². The number of benzene rings is 2. The Morgan fingerprint density at radius 1 is 0.971 bits per heavy atom. The maximum atomic E-state index is 12.7. The number of rotatable bonds is 10. The molecule has 0 aromatic heterocycles. The van der Waals surface area contributed by atoms with Crippen LogP contribution in [0.3, 0.4) is 0 Å². The predicted molar refractivity (Wildman–Crippen MR) is 128 cm³/mol. The van der Waals surface area contributed by atoms with E-state index in [2.05, 4.69) is 24.4 Å². The number of unbranched alkanes of at least 4 members (excludes halogenated alkanes) is 5. The molecule has 7 nitrogen and oxygen atoms in total. The van der Waals surface area contributed by atoms with Crippen LogP contribution in [0, 0.1) is 0 Å². The second kappa shape index (κ2) is 11.2. The summed E-state index contributed by atoms with van der Waals surface area (Å²) in [6.07, 6.45) is 5.42. The van der Waals surface area contributed by atoms with Gasteiger partial charge in [0.2, 0.25) is 0 Å². The van der Waals surface area contributed by atoms with E-state index >= 15 is 0 Å². The van der Waals surface area contributed by atoms with Crippen LogP contribution in [-0.2, 0) is 19.2 Å². The fraction of sp³-hybridized carbons (Fsp3) is 0.444. The van der Waals surface area contributed by atoms with Gasteiger partial charge in [0.1, 0.15) is 12.6 Å². The highest BCUT2D eigenvalue weighted by atomic mass is 16.7. The molecular formula is C27H32N2O5. The van der Waals surface area contributed by atoms with Crippen LogP contribution in [-0.4, -0.2) is 42.2 Å². The van der Waals surface area contributed by atoms with Crippen molar-refractivity contribution < 1.29 is 24.0 Å². The summed E-state index contributed by atoms with van der Waals surface area (Å²) in [5.74, 6) is -1.02. The largest absolute Gasteiger partial charge is 0.449 e. The van der Waals surface area contributed by atoms with Crippen LogP contribution in [0.25, 0.3) is 11.1 Å². The van der Waals surface area contributed by atoms with E-state index in [-0.39, 0.29) is 18.9 Å². The highest BCUT2D eigenvalue weighted by Gasteiger charge is 2.37. The van der Waals surface area contributed by atoms with Crippen LogP contribution in [0.2, 0.25) is 0 Å². The first-order chi connectivity index (χ1) is 16.6.